The SMILES string of the molecule is Cn1c(C(F)F)cc(=S)n(C)c1=O. The number of aromatic nitrogens is 2. The minimum atomic E-state index is -2.68. The van der Waals surface area contributed by atoms with Crippen molar-refractivity contribution >= 4 is 12.2 Å². The summed E-state index contributed by atoms with van der Waals surface area (Å²) >= 11 is 4.72. The van der Waals surface area contributed by atoms with E-state index in [1.54, 1.807) is 0 Å². The molecule has 0 aromatic carbocycles. The van der Waals surface area contributed by atoms with Gasteiger partial charge in [0.1, 0.15) is 4.64 Å². The van der Waals surface area contributed by atoms with E-state index in [2.05, 4.69) is 0 Å². The van der Waals surface area contributed by atoms with Crippen LogP contribution in [0.15, 0.2) is 10.9 Å². The average Bonchev–Trinajstić information content (AvgIpc) is 2.07. The first-order valence-electron chi connectivity index (χ1n) is 3.50. The monoisotopic (exact) mass is 206 g/mol. The fourth-order valence-corrected chi connectivity index (χ4v) is 1.16. The summed E-state index contributed by atoms with van der Waals surface area (Å²) in [7, 11) is 2.73. The lowest BCUT2D eigenvalue weighted by atomic mass is 10.4. The Balaban J connectivity index is 3.60. The molecule has 3 nitrogen and oxygen atoms in total. The lowest BCUT2D eigenvalue weighted by Crippen LogP contribution is -2.29. The minimum Gasteiger partial charge on any atom is -0.295 e. The van der Waals surface area contributed by atoms with Crippen LogP contribution in [0, 0.1) is 4.64 Å². The highest BCUT2D eigenvalue weighted by molar-refractivity contribution is 7.71. The minimum absolute atomic E-state index is 0.110. The summed E-state index contributed by atoms with van der Waals surface area (Å²) in [5, 5.41) is 0. The van der Waals surface area contributed by atoms with Gasteiger partial charge in [0, 0.05) is 14.1 Å². The number of alkyl halides is 2. The van der Waals surface area contributed by atoms with Crippen LogP contribution < -0.4 is 5.69 Å². The van der Waals surface area contributed by atoms with Crippen molar-refractivity contribution in [2.75, 3.05) is 0 Å². The third-order valence-corrected chi connectivity index (χ3v) is 2.18. The molecule has 0 fully saturated rings. The maximum absolute atomic E-state index is 12.3. The summed E-state index contributed by atoms with van der Waals surface area (Å²) in [5.74, 6) is 0. The van der Waals surface area contributed by atoms with Crippen molar-refractivity contribution in [2.24, 2.45) is 14.1 Å². The molecule has 1 aromatic heterocycles. The van der Waals surface area contributed by atoms with Gasteiger partial charge < -0.3 is 0 Å². The third kappa shape index (κ3) is 1.67. The van der Waals surface area contributed by atoms with E-state index >= 15 is 0 Å². The van der Waals surface area contributed by atoms with Crippen LogP contribution in [0.1, 0.15) is 12.1 Å². The van der Waals surface area contributed by atoms with Crippen molar-refractivity contribution in [3.05, 3.63) is 26.9 Å². The zero-order valence-corrected chi connectivity index (χ0v) is 7.94. The van der Waals surface area contributed by atoms with E-state index in [-0.39, 0.29) is 10.3 Å². The van der Waals surface area contributed by atoms with E-state index in [9.17, 15) is 13.6 Å². The van der Waals surface area contributed by atoms with E-state index < -0.39 is 12.1 Å². The molecule has 0 spiro atoms. The summed E-state index contributed by atoms with van der Waals surface area (Å²) in [5.41, 5.74) is -0.893. The Hall–Kier alpha value is -1.04. The third-order valence-electron chi connectivity index (χ3n) is 1.79. The first-order chi connectivity index (χ1) is 5.95. The number of hydrogen-bond donors (Lipinski definition) is 0. The summed E-state index contributed by atoms with van der Waals surface area (Å²) < 4.78 is 26.7. The molecule has 1 heterocycles. The van der Waals surface area contributed by atoms with Gasteiger partial charge in [-0.25, -0.2) is 13.6 Å². The smallest absolute Gasteiger partial charge is 0.295 e. The molecule has 6 heteroatoms. The normalized spacial score (nSPS) is 10.8. The molecule has 1 rings (SSSR count). The van der Waals surface area contributed by atoms with Crippen molar-refractivity contribution in [3.8, 4) is 0 Å². The lowest BCUT2D eigenvalue weighted by molar-refractivity contribution is 0.140. The van der Waals surface area contributed by atoms with Crippen molar-refractivity contribution in [1.29, 1.82) is 0 Å². The molecule has 0 saturated heterocycles. The molecule has 13 heavy (non-hydrogen) atoms. The molecule has 0 aliphatic heterocycles. The van der Waals surface area contributed by atoms with Crippen LogP contribution in [0.5, 0.6) is 0 Å². The van der Waals surface area contributed by atoms with E-state index in [0.717, 1.165) is 15.2 Å². The second-order valence-electron chi connectivity index (χ2n) is 2.61. The van der Waals surface area contributed by atoms with Crippen LogP contribution in [0.25, 0.3) is 0 Å². The maximum atomic E-state index is 12.3. The standard InChI is InChI=1S/C7H8F2N2OS/c1-10-4(6(8)9)3-5(13)11(2)7(10)12/h3,6H,1-2H3. The van der Waals surface area contributed by atoms with Crippen LogP contribution >= 0.6 is 12.2 Å². The summed E-state index contributed by atoms with van der Waals surface area (Å²) in [6, 6.07) is 1.13. The van der Waals surface area contributed by atoms with Crippen LogP contribution in [0.3, 0.4) is 0 Å². The fraction of sp³-hybridized carbons (Fsp3) is 0.429. The molecule has 0 radical (unpaired) electrons. The lowest BCUT2D eigenvalue weighted by Gasteiger charge is -2.08. The quantitative estimate of drug-likeness (QED) is 0.649. The zero-order chi connectivity index (χ0) is 10.2. The Morgan fingerprint density at radius 3 is 2.38 bits per heavy atom. The summed E-state index contributed by atoms with van der Waals surface area (Å²) in [6.07, 6.45) is -2.68. The molecular weight excluding hydrogens is 198 g/mol. The average molecular weight is 206 g/mol. The fourth-order valence-electron chi connectivity index (χ4n) is 0.959. The van der Waals surface area contributed by atoms with E-state index in [1.807, 2.05) is 0 Å². The van der Waals surface area contributed by atoms with Gasteiger partial charge in [0.05, 0.1) is 5.69 Å². The van der Waals surface area contributed by atoms with Gasteiger partial charge in [-0.3, -0.25) is 9.13 Å². The molecule has 0 aliphatic carbocycles. The highest BCUT2D eigenvalue weighted by atomic mass is 32.1. The van der Waals surface area contributed by atoms with Gasteiger partial charge in [0.15, 0.2) is 0 Å². The van der Waals surface area contributed by atoms with Gasteiger partial charge in [0.2, 0.25) is 0 Å². The van der Waals surface area contributed by atoms with Crippen LogP contribution in [-0.2, 0) is 14.1 Å². The van der Waals surface area contributed by atoms with Crippen molar-refractivity contribution in [1.82, 2.24) is 9.13 Å². The summed E-state index contributed by atoms with van der Waals surface area (Å²) in [4.78, 5) is 11.2. The number of halogens is 2. The van der Waals surface area contributed by atoms with Gasteiger partial charge in [-0.05, 0) is 6.07 Å². The molecule has 0 amide bonds. The summed E-state index contributed by atoms with van der Waals surface area (Å²) in [6.45, 7) is 0. The number of hydrogen-bond acceptors (Lipinski definition) is 2. The van der Waals surface area contributed by atoms with E-state index in [0.29, 0.717) is 0 Å². The largest absolute Gasteiger partial charge is 0.329 e. The number of rotatable bonds is 1. The Labute approximate surface area is 78.2 Å². The van der Waals surface area contributed by atoms with Crippen LogP contribution in [0.4, 0.5) is 8.78 Å². The Kier molecular flexibility index (Phi) is 2.60. The highest BCUT2D eigenvalue weighted by Crippen LogP contribution is 2.15. The van der Waals surface area contributed by atoms with Crippen LogP contribution in [0.2, 0.25) is 0 Å². The Bertz CT molecular complexity index is 435. The molecule has 72 valence electrons. The van der Waals surface area contributed by atoms with Gasteiger partial charge in [-0.2, -0.15) is 0 Å². The van der Waals surface area contributed by atoms with Gasteiger partial charge >= 0.3 is 5.69 Å². The Morgan fingerprint density at radius 1 is 1.38 bits per heavy atom. The van der Waals surface area contributed by atoms with E-state index in [1.165, 1.54) is 14.1 Å². The van der Waals surface area contributed by atoms with E-state index in [4.69, 9.17) is 12.2 Å². The molecule has 1 aromatic rings. The molecule has 0 atom stereocenters. The van der Waals surface area contributed by atoms with Crippen LogP contribution in [-0.4, -0.2) is 9.13 Å². The topological polar surface area (TPSA) is 26.9 Å². The highest BCUT2D eigenvalue weighted by Gasteiger charge is 2.12. The van der Waals surface area contributed by atoms with Crippen molar-refractivity contribution < 1.29 is 8.78 Å². The van der Waals surface area contributed by atoms with Crippen molar-refractivity contribution in [3.63, 3.8) is 0 Å². The second kappa shape index (κ2) is 3.37. The molecule has 0 bridgehead atoms. The molecule has 0 N–H and O–H groups in total. The van der Waals surface area contributed by atoms with Gasteiger partial charge in [-0.1, -0.05) is 12.2 Å². The van der Waals surface area contributed by atoms with Gasteiger partial charge in [0.25, 0.3) is 6.43 Å². The second-order valence-corrected chi connectivity index (χ2v) is 3.03. The predicted molar refractivity (Wildman–Crippen MR) is 46.4 cm³/mol. The zero-order valence-electron chi connectivity index (χ0n) is 7.12. The molecule has 0 unspecified atom stereocenters. The molecule has 0 saturated carbocycles. The predicted octanol–water partition coefficient (Wildman–Crippen LogP) is 1.39. The maximum Gasteiger partial charge on any atom is 0.329 e. The number of nitrogens with zero attached hydrogens (tertiary/aromatic N) is 2. The molecular formula is C7H8F2N2OS. The van der Waals surface area contributed by atoms with Gasteiger partial charge in [-0.15, -0.1) is 0 Å². The first kappa shape index (κ1) is 10.0. The molecule has 0 aliphatic rings. The first-order valence-corrected chi connectivity index (χ1v) is 3.91. The van der Waals surface area contributed by atoms with Crippen molar-refractivity contribution in [2.45, 2.75) is 6.43 Å². The Morgan fingerprint density at radius 2 is 1.92 bits per heavy atom.